The van der Waals surface area contributed by atoms with E-state index < -0.39 is 7.82 Å². The van der Waals surface area contributed by atoms with Crippen molar-refractivity contribution in [1.82, 2.24) is 0 Å². The fraction of sp³-hybridized carbons (Fsp3) is 0. The summed E-state index contributed by atoms with van der Waals surface area (Å²) in [6.07, 6.45) is 0. The molecule has 0 aliphatic carbocycles. The zero-order chi connectivity index (χ0) is 4.50. The molecule has 0 saturated carbocycles. The van der Waals surface area contributed by atoms with Crippen molar-refractivity contribution in [3.05, 3.63) is 0 Å². The van der Waals surface area contributed by atoms with Crippen LogP contribution in [0.1, 0.15) is 0 Å². The molecule has 0 aliphatic rings. The minimum absolute atomic E-state index is 0. The number of hydrogen-bond acceptors (Lipinski definition) is 3. The quantitative estimate of drug-likeness (QED) is 0.308. The normalized spacial score (nSPS) is 9.83. The monoisotopic (exact) mass is 172 g/mol. The van der Waals surface area contributed by atoms with Crippen LogP contribution in [0, 0.1) is 0 Å². The Morgan fingerprint density at radius 3 is 1.50 bits per heavy atom. The number of hydrogen-bond donors (Lipinski definition) is 1. The fourth-order valence-corrected chi connectivity index (χ4v) is 0. The van der Waals surface area contributed by atoms with Gasteiger partial charge in [-0.25, -0.2) is 0 Å². The SMILES string of the molecule is O=P([O-])([O-])O.[GeH2+2]. The van der Waals surface area contributed by atoms with E-state index in [0.29, 0.717) is 0 Å². The van der Waals surface area contributed by atoms with E-state index >= 15 is 0 Å². The van der Waals surface area contributed by atoms with Gasteiger partial charge in [-0.15, -0.1) is 0 Å². The maximum absolute atomic E-state index is 8.66. The first-order chi connectivity index (χ1) is 2.00. The van der Waals surface area contributed by atoms with Gasteiger partial charge in [0.25, 0.3) is 0 Å². The van der Waals surface area contributed by atoms with E-state index in [1.807, 2.05) is 0 Å². The van der Waals surface area contributed by atoms with Gasteiger partial charge in [0.1, 0.15) is 0 Å². The Labute approximate surface area is 45.4 Å². The van der Waals surface area contributed by atoms with Gasteiger partial charge in [0, 0.05) is 0 Å². The molecule has 6 heteroatoms. The summed E-state index contributed by atoms with van der Waals surface area (Å²) in [7, 11) is -5.14. The van der Waals surface area contributed by atoms with Crippen LogP contribution in [0.25, 0.3) is 0 Å². The first-order valence-corrected chi connectivity index (χ1v) is 2.24. The Bertz CT molecular complexity index is 53.7. The Morgan fingerprint density at radius 1 is 1.50 bits per heavy atom. The molecule has 0 atom stereocenters. The molecular weight excluding hydrogens is 168 g/mol. The van der Waals surface area contributed by atoms with Crippen molar-refractivity contribution in [2.75, 3.05) is 0 Å². The summed E-state index contributed by atoms with van der Waals surface area (Å²) < 4.78 is 8.66. The average molecular weight is 171 g/mol. The van der Waals surface area contributed by atoms with Crippen LogP contribution < -0.4 is 9.79 Å². The summed E-state index contributed by atoms with van der Waals surface area (Å²) in [5.41, 5.74) is 0. The summed E-state index contributed by atoms with van der Waals surface area (Å²) in [5.74, 6) is 0. The van der Waals surface area contributed by atoms with Crippen LogP contribution in [-0.2, 0) is 4.57 Å². The van der Waals surface area contributed by atoms with Gasteiger partial charge < -0.3 is 19.2 Å². The first-order valence-electron chi connectivity index (χ1n) is 0.748. The minimum atomic E-state index is -5.14. The molecule has 0 fully saturated rings. The van der Waals surface area contributed by atoms with Gasteiger partial charge in [-0.05, 0) is 0 Å². The maximum atomic E-state index is 8.66. The van der Waals surface area contributed by atoms with Crippen molar-refractivity contribution >= 4 is 25.4 Å². The van der Waals surface area contributed by atoms with E-state index in [0.717, 1.165) is 0 Å². The summed E-state index contributed by atoms with van der Waals surface area (Å²) in [6, 6.07) is 0. The molecule has 4 nitrogen and oxygen atoms in total. The van der Waals surface area contributed by atoms with Gasteiger partial charge in [-0.1, -0.05) is 0 Å². The summed E-state index contributed by atoms with van der Waals surface area (Å²) >= 11 is 0. The molecule has 6 heavy (non-hydrogen) atoms. The van der Waals surface area contributed by atoms with Crippen LogP contribution >= 0.6 is 7.82 Å². The van der Waals surface area contributed by atoms with Crippen molar-refractivity contribution in [2.24, 2.45) is 0 Å². The molecule has 0 saturated heterocycles. The van der Waals surface area contributed by atoms with Crippen molar-refractivity contribution < 1.29 is 19.2 Å². The van der Waals surface area contributed by atoms with Crippen molar-refractivity contribution in [1.29, 1.82) is 0 Å². The van der Waals surface area contributed by atoms with Crippen molar-refractivity contribution in [2.45, 2.75) is 0 Å². The van der Waals surface area contributed by atoms with E-state index in [1.165, 1.54) is 0 Å². The second-order valence-corrected chi connectivity index (χ2v) is 1.41. The third-order valence-corrected chi connectivity index (χ3v) is 0. The topological polar surface area (TPSA) is 83.4 Å². The molecule has 0 unspecified atom stereocenters. The van der Waals surface area contributed by atoms with Gasteiger partial charge in [0.15, 0.2) is 0 Å². The summed E-state index contributed by atoms with van der Waals surface area (Å²) in [5, 5.41) is 0. The predicted molar refractivity (Wildman–Crippen MR) is 18.4 cm³/mol. The zero-order valence-electron chi connectivity index (χ0n) is 2.83. The molecule has 0 aromatic heterocycles. The van der Waals surface area contributed by atoms with Gasteiger partial charge in [0.05, 0.1) is 7.82 Å². The molecule has 0 radical (unpaired) electrons. The molecule has 36 valence electrons. The van der Waals surface area contributed by atoms with E-state index in [4.69, 9.17) is 19.2 Å². The number of phosphoric acid groups is 1. The molecule has 0 heterocycles. The second-order valence-electron chi connectivity index (χ2n) is 0.469. The van der Waals surface area contributed by atoms with Crippen LogP contribution in [-0.4, -0.2) is 22.5 Å². The summed E-state index contributed by atoms with van der Waals surface area (Å²) in [4.78, 5) is 24.3. The van der Waals surface area contributed by atoms with Gasteiger partial charge in [0.2, 0.25) is 0 Å². The van der Waals surface area contributed by atoms with Crippen LogP contribution in [0.5, 0.6) is 0 Å². The molecule has 0 rings (SSSR count). The Morgan fingerprint density at radius 2 is 1.50 bits per heavy atom. The molecule has 0 aliphatic heterocycles. The van der Waals surface area contributed by atoms with E-state index in [-0.39, 0.29) is 17.6 Å². The molecule has 0 spiro atoms. The third kappa shape index (κ3) is 146. The van der Waals surface area contributed by atoms with Crippen LogP contribution in [0.2, 0.25) is 0 Å². The van der Waals surface area contributed by atoms with E-state index in [9.17, 15) is 0 Å². The Hall–Kier alpha value is 0.653. The molecular formula is H3GeO4P. The number of rotatable bonds is 0. The van der Waals surface area contributed by atoms with Gasteiger partial charge >= 0.3 is 17.6 Å². The zero-order valence-corrected chi connectivity index (χ0v) is 6.69. The van der Waals surface area contributed by atoms with Crippen LogP contribution in [0.3, 0.4) is 0 Å². The summed E-state index contributed by atoms with van der Waals surface area (Å²) in [6.45, 7) is 0. The Balaban J connectivity index is 0. The average Bonchev–Trinajstić information content (AvgIpc) is 0.722. The fourth-order valence-electron chi connectivity index (χ4n) is 0. The van der Waals surface area contributed by atoms with Gasteiger partial charge in [-0.3, -0.25) is 0 Å². The third-order valence-electron chi connectivity index (χ3n) is 0. The van der Waals surface area contributed by atoms with Gasteiger partial charge in [-0.2, -0.15) is 0 Å². The molecule has 1 N–H and O–H groups in total. The van der Waals surface area contributed by atoms with E-state index in [2.05, 4.69) is 0 Å². The van der Waals surface area contributed by atoms with Crippen molar-refractivity contribution in [3.8, 4) is 0 Å². The molecule has 0 aromatic carbocycles. The molecule has 0 aromatic rings. The predicted octanol–water partition coefficient (Wildman–Crippen LogP) is -3.11. The van der Waals surface area contributed by atoms with Crippen LogP contribution in [0.15, 0.2) is 0 Å². The van der Waals surface area contributed by atoms with Crippen molar-refractivity contribution in [3.63, 3.8) is 0 Å². The standard InChI is InChI=1S/GeH2.H3O4P/c;1-5(2,3)4/h1H2;(H3,1,2,3,4)/q+2;/p-2. The Kier molecular flexibility index (Phi) is 4.53. The van der Waals surface area contributed by atoms with Crippen LogP contribution in [0.4, 0.5) is 0 Å². The second kappa shape index (κ2) is 2.76. The molecule has 0 amide bonds. The van der Waals surface area contributed by atoms with E-state index in [1.54, 1.807) is 0 Å². The first kappa shape index (κ1) is 9.82. The molecule has 0 bridgehead atoms.